The fourth-order valence-electron chi connectivity index (χ4n) is 5.42. The van der Waals surface area contributed by atoms with E-state index < -0.39 is 11.9 Å². The lowest BCUT2D eigenvalue weighted by Crippen LogP contribution is -2.18. The van der Waals surface area contributed by atoms with Crippen LogP contribution in [-0.2, 0) is 17.5 Å². The van der Waals surface area contributed by atoms with Crippen LogP contribution in [0.15, 0.2) is 43.0 Å². The lowest BCUT2D eigenvalue weighted by Gasteiger charge is -2.24. The Bertz CT molecular complexity index is 1830. The maximum absolute atomic E-state index is 13.3. The van der Waals surface area contributed by atoms with E-state index in [2.05, 4.69) is 20.1 Å². The SMILES string of the molecule is COc1ncnc(C2CC2)c1-c1nc(OCc2ccc(-n3nc(C(F)(F)F)cc3OC)cc2)c2c(ncn2C2CCCCO2)n1. The van der Waals surface area contributed by atoms with Gasteiger partial charge >= 0.3 is 6.18 Å². The Hall–Kier alpha value is -4.79. The summed E-state index contributed by atoms with van der Waals surface area (Å²) in [5, 5.41) is 3.68. The minimum atomic E-state index is -4.60. The highest BCUT2D eigenvalue weighted by atomic mass is 19.4. The Kier molecular flexibility index (Phi) is 7.47. The molecule has 0 radical (unpaired) electrons. The topological polar surface area (TPSA) is 124 Å². The van der Waals surface area contributed by atoms with Crippen molar-refractivity contribution in [3.8, 4) is 34.7 Å². The first-order chi connectivity index (χ1) is 21.8. The van der Waals surface area contributed by atoms with Crippen LogP contribution in [0.25, 0.3) is 28.2 Å². The number of aromatic nitrogens is 8. The molecule has 1 saturated heterocycles. The zero-order chi connectivity index (χ0) is 31.1. The van der Waals surface area contributed by atoms with Gasteiger partial charge in [-0.2, -0.15) is 23.3 Å². The monoisotopic (exact) mass is 622 g/mol. The third kappa shape index (κ3) is 5.63. The summed E-state index contributed by atoms with van der Waals surface area (Å²) in [4.78, 5) is 23.1. The molecule has 4 aromatic heterocycles. The van der Waals surface area contributed by atoms with E-state index in [0.717, 1.165) is 54.1 Å². The number of ether oxygens (including phenoxy) is 4. The van der Waals surface area contributed by atoms with Gasteiger partial charge in [0.15, 0.2) is 22.7 Å². The summed E-state index contributed by atoms with van der Waals surface area (Å²) in [5.41, 5.74) is 2.54. The van der Waals surface area contributed by atoms with E-state index >= 15 is 0 Å². The number of imidazole rings is 1. The van der Waals surface area contributed by atoms with Gasteiger partial charge in [0.2, 0.25) is 17.6 Å². The van der Waals surface area contributed by atoms with Gasteiger partial charge in [-0.05, 0) is 49.8 Å². The van der Waals surface area contributed by atoms with Crippen LogP contribution in [0, 0.1) is 0 Å². The Labute approximate surface area is 255 Å². The molecule has 5 heterocycles. The number of nitrogens with zero attached hydrogens (tertiary/aromatic N) is 8. The predicted molar refractivity (Wildman–Crippen MR) is 153 cm³/mol. The van der Waals surface area contributed by atoms with Gasteiger partial charge in [0.05, 0.1) is 31.9 Å². The molecule has 5 aromatic rings. The van der Waals surface area contributed by atoms with Gasteiger partial charge in [0.25, 0.3) is 0 Å². The molecule has 12 nitrogen and oxygen atoms in total. The normalized spacial score (nSPS) is 17.0. The Balaban J connectivity index is 1.24. The summed E-state index contributed by atoms with van der Waals surface area (Å²) in [7, 11) is 2.83. The standard InChI is InChI=1S/C30H29F3N8O4/c1-42-22-13-20(30(31,32)33)39-41(22)19-10-6-17(7-11-19)14-45-29-25-27(36-16-40(25)21-5-3-4-12-44-21)37-26(38-29)23-24(18-8-9-18)34-15-35-28(23)43-2/h6-7,10-11,13,15-16,18,21H,3-5,8-9,12,14H2,1-2H3. The Morgan fingerprint density at radius 2 is 1.78 bits per heavy atom. The molecular weight excluding hydrogens is 593 g/mol. The van der Waals surface area contributed by atoms with Crippen LogP contribution in [0.5, 0.6) is 17.6 Å². The zero-order valence-corrected chi connectivity index (χ0v) is 24.5. The lowest BCUT2D eigenvalue weighted by atomic mass is 10.1. The maximum Gasteiger partial charge on any atom is 0.435 e. The van der Waals surface area contributed by atoms with E-state index in [1.54, 1.807) is 37.7 Å². The van der Waals surface area contributed by atoms with Gasteiger partial charge < -0.3 is 18.9 Å². The number of benzene rings is 1. The molecule has 0 bridgehead atoms. The van der Waals surface area contributed by atoms with E-state index in [1.807, 2.05) is 4.57 Å². The van der Waals surface area contributed by atoms with Gasteiger partial charge in [-0.3, -0.25) is 4.57 Å². The Morgan fingerprint density at radius 1 is 0.956 bits per heavy atom. The van der Waals surface area contributed by atoms with Gasteiger partial charge in [-0.1, -0.05) is 12.1 Å². The molecule has 1 atom stereocenters. The molecule has 2 fully saturated rings. The Morgan fingerprint density at radius 3 is 2.47 bits per heavy atom. The van der Waals surface area contributed by atoms with Crippen molar-refractivity contribution in [1.82, 2.24) is 39.3 Å². The van der Waals surface area contributed by atoms with Crippen LogP contribution in [0.3, 0.4) is 0 Å². The molecule has 7 rings (SSSR count). The molecule has 0 amide bonds. The number of rotatable bonds is 9. The highest BCUT2D eigenvalue weighted by Gasteiger charge is 2.36. The second-order valence-corrected chi connectivity index (χ2v) is 10.9. The molecule has 15 heteroatoms. The molecule has 45 heavy (non-hydrogen) atoms. The number of alkyl halides is 3. The van der Waals surface area contributed by atoms with Gasteiger partial charge in [0, 0.05) is 18.6 Å². The quantitative estimate of drug-likeness (QED) is 0.203. The van der Waals surface area contributed by atoms with Crippen molar-refractivity contribution in [2.45, 2.75) is 57.0 Å². The summed E-state index contributed by atoms with van der Waals surface area (Å²) < 4.78 is 65.8. The third-order valence-corrected chi connectivity index (χ3v) is 7.82. The minimum absolute atomic E-state index is 0.0358. The van der Waals surface area contributed by atoms with Gasteiger partial charge in [-0.25, -0.2) is 24.6 Å². The van der Waals surface area contributed by atoms with Crippen LogP contribution >= 0.6 is 0 Å². The molecule has 1 saturated carbocycles. The summed E-state index contributed by atoms with van der Waals surface area (Å²) >= 11 is 0. The second kappa shape index (κ2) is 11.6. The summed E-state index contributed by atoms with van der Waals surface area (Å²) in [6.07, 6.45) is 3.16. The average Bonchev–Trinajstić information content (AvgIpc) is 3.66. The smallest absolute Gasteiger partial charge is 0.435 e. The van der Waals surface area contributed by atoms with Crippen molar-refractivity contribution in [2.75, 3.05) is 20.8 Å². The summed E-state index contributed by atoms with van der Waals surface area (Å²) in [5.74, 6) is 1.24. The van der Waals surface area contributed by atoms with Crippen molar-refractivity contribution in [1.29, 1.82) is 0 Å². The summed E-state index contributed by atoms with van der Waals surface area (Å²) in [6, 6.07) is 7.62. The van der Waals surface area contributed by atoms with Crippen LogP contribution in [-0.4, -0.2) is 60.1 Å². The van der Waals surface area contributed by atoms with Crippen LogP contribution < -0.4 is 14.2 Å². The fraction of sp³-hybridized carbons (Fsp3) is 0.400. The van der Waals surface area contributed by atoms with E-state index in [0.29, 0.717) is 46.6 Å². The second-order valence-electron chi connectivity index (χ2n) is 10.9. The van der Waals surface area contributed by atoms with Gasteiger partial charge in [0.1, 0.15) is 24.7 Å². The zero-order valence-electron chi connectivity index (χ0n) is 24.5. The van der Waals surface area contributed by atoms with Gasteiger partial charge in [-0.15, -0.1) is 0 Å². The molecule has 1 aromatic carbocycles. The molecule has 1 aliphatic heterocycles. The third-order valence-electron chi connectivity index (χ3n) is 7.82. The molecule has 0 spiro atoms. The fourth-order valence-corrected chi connectivity index (χ4v) is 5.42. The lowest BCUT2D eigenvalue weighted by molar-refractivity contribution is -0.141. The van der Waals surface area contributed by atoms with Crippen molar-refractivity contribution < 1.29 is 32.1 Å². The van der Waals surface area contributed by atoms with E-state index in [1.165, 1.54) is 13.4 Å². The number of methoxy groups -OCH3 is 2. The highest BCUT2D eigenvalue weighted by molar-refractivity contribution is 5.80. The largest absolute Gasteiger partial charge is 0.481 e. The van der Waals surface area contributed by atoms with Crippen molar-refractivity contribution in [3.05, 3.63) is 59.9 Å². The average molecular weight is 623 g/mol. The number of halogens is 3. The van der Waals surface area contributed by atoms with E-state index in [-0.39, 0.29) is 24.6 Å². The first kappa shape index (κ1) is 29.0. The number of fused-ring (bicyclic) bond motifs is 1. The molecule has 1 unspecified atom stereocenters. The molecule has 2 aliphatic rings. The van der Waals surface area contributed by atoms with Crippen molar-refractivity contribution in [3.63, 3.8) is 0 Å². The van der Waals surface area contributed by atoms with E-state index in [4.69, 9.17) is 28.9 Å². The van der Waals surface area contributed by atoms with Crippen LogP contribution in [0.2, 0.25) is 0 Å². The van der Waals surface area contributed by atoms with E-state index in [9.17, 15) is 13.2 Å². The molecule has 1 aliphatic carbocycles. The van der Waals surface area contributed by atoms with Crippen LogP contribution in [0.4, 0.5) is 13.2 Å². The minimum Gasteiger partial charge on any atom is -0.481 e. The number of hydrogen-bond donors (Lipinski definition) is 0. The number of hydrogen-bond acceptors (Lipinski definition) is 10. The molecule has 234 valence electrons. The first-order valence-corrected chi connectivity index (χ1v) is 14.5. The highest BCUT2D eigenvalue weighted by Crippen LogP contribution is 2.45. The predicted octanol–water partition coefficient (Wildman–Crippen LogP) is 5.66. The van der Waals surface area contributed by atoms with Crippen LogP contribution in [0.1, 0.15) is 61.2 Å². The molecule has 0 N–H and O–H groups in total. The molecular formula is C30H29F3N8O4. The van der Waals surface area contributed by atoms with Crippen molar-refractivity contribution in [2.24, 2.45) is 0 Å². The first-order valence-electron chi connectivity index (χ1n) is 14.5. The maximum atomic E-state index is 13.3. The van der Waals surface area contributed by atoms with Crippen molar-refractivity contribution >= 4 is 11.2 Å². The summed E-state index contributed by atoms with van der Waals surface area (Å²) in [6.45, 7) is 0.741.